The maximum atomic E-state index is 5.25. The topological polar surface area (TPSA) is 12.0 Å². The lowest BCUT2D eigenvalue weighted by Crippen LogP contribution is -2.18. The van der Waals surface area contributed by atoms with Gasteiger partial charge in [0.1, 0.15) is 4.32 Å². The molecule has 0 saturated carbocycles. The lowest BCUT2D eigenvalue weighted by molar-refractivity contribution is 0.657. The van der Waals surface area contributed by atoms with E-state index in [1.807, 2.05) is 23.6 Å². The fourth-order valence-corrected chi connectivity index (χ4v) is 2.33. The molecule has 0 atom stereocenters. The fourth-order valence-electron chi connectivity index (χ4n) is 1.52. The van der Waals surface area contributed by atoms with Crippen molar-refractivity contribution in [2.24, 2.45) is 0 Å². The largest absolute Gasteiger partial charge is 0.371 e. The lowest BCUT2D eigenvalue weighted by Gasteiger charge is -2.04. The van der Waals surface area contributed by atoms with Crippen molar-refractivity contribution < 1.29 is 0 Å². The minimum Gasteiger partial charge on any atom is -0.371 e. The highest BCUT2D eigenvalue weighted by Crippen LogP contribution is 2.09. The maximum Gasteiger partial charge on any atom is 0.138 e. The number of rotatable bonds is 7. The Morgan fingerprint density at radius 2 is 2.00 bits per heavy atom. The van der Waals surface area contributed by atoms with E-state index in [1.165, 1.54) is 31.2 Å². The van der Waals surface area contributed by atoms with Crippen LogP contribution in [0.1, 0.15) is 38.2 Å². The summed E-state index contributed by atoms with van der Waals surface area (Å²) in [5, 5.41) is 5.31. The van der Waals surface area contributed by atoms with E-state index in [0.29, 0.717) is 0 Å². The van der Waals surface area contributed by atoms with Crippen LogP contribution in [0.25, 0.3) is 6.08 Å². The molecule has 1 rings (SSSR count). The van der Waals surface area contributed by atoms with Gasteiger partial charge in [0.25, 0.3) is 0 Å². The SMILES string of the molecule is CCCCCCNC(=S)S/C=C/c1ccccc1. The smallest absolute Gasteiger partial charge is 0.138 e. The summed E-state index contributed by atoms with van der Waals surface area (Å²) in [5.74, 6) is 0. The van der Waals surface area contributed by atoms with Crippen molar-refractivity contribution in [3.63, 3.8) is 0 Å². The van der Waals surface area contributed by atoms with Crippen molar-refractivity contribution in [2.75, 3.05) is 6.54 Å². The number of hydrogen-bond donors (Lipinski definition) is 1. The van der Waals surface area contributed by atoms with Gasteiger partial charge < -0.3 is 5.32 Å². The third kappa shape index (κ3) is 7.51. The van der Waals surface area contributed by atoms with Crippen LogP contribution in [-0.2, 0) is 0 Å². The molecule has 98 valence electrons. The lowest BCUT2D eigenvalue weighted by atomic mass is 10.2. The van der Waals surface area contributed by atoms with Crippen LogP contribution in [0.3, 0.4) is 0 Å². The molecular weight excluding hydrogens is 258 g/mol. The van der Waals surface area contributed by atoms with Gasteiger partial charge in [0.2, 0.25) is 0 Å². The molecule has 0 amide bonds. The van der Waals surface area contributed by atoms with Gasteiger partial charge in [-0.05, 0) is 23.5 Å². The van der Waals surface area contributed by atoms with Crippen molar-refractivity contribution in [2.45, 2.75) is 32.6 Å². The van der Waals surface area contributed by atoms with Crippen LogP contribution in [0, 0.1) is 0 Å². The van der Waals surface area contributed by atoms with E-state index in [1.54, 1.807) is 11.8 Å². The van der Waals surface area contributed by atoms with Gasteiger partial charge in [-0.15, -0.1) is 0 Å². The van der Waals surface area contributed by atoms with E-state index in [0.717, 1.165) is 10.9 Å². The molecule has 1 nitrogen and oxygen atoms in total. The van der Waals surface area contributed by atoms with Crippen LogP contribution in [-0.4, -0.2) is 10.9 Å². The fraction of sp³-hybridized carbons (Fsp3) is 0.400. The zero-order valence-electron chi connectivity index (χ0n) is 10.9. The second kappa shape index (κ2) is 10.2. The molecule has 0 aliphatic heterocycles. The molecule has 0 saturated heterocycles. The van der Waals surface area contributed by atoms with E-state index >= 15 is 0 Å². The highest BCUT2D eigenvalue weighted by molar-refractivity contribution is 8.24. The Morgan fingerprint density at radius 1 is 1.22 bits per heavy atom. The number of thiocarbonyl (C=S) groups is 1. The van der Waals surface area contributed by atoms with Crippen LogP contribution in [0.4, 0.5) is 0 Å². The van der Waals surface area contributed by atoms with Gasteiger partial charge in [-0.1, -0.05) is 80.5 Å². The van der Waals surface area contributed by atoms with Crippen molar-refractivity contribution in [1.82, 2.24) is 5.32 Å². The highest BCUT2D eigenvalue weighted by Gasteiger charge is 1.93. The van der Waals surface area contributed by atoms with E-state index in [-0.39, 0.29) is 0 Å². The first kappa shape index (κ1) is 15.3. The van der Waals surface area contributed by atoms with Gasteiger partial charge in [0.05, 0.1) is 0 Å². The van der Waals surface area contributed by atoms with E-state index in [9.17, 15) is 0 Å². The summed E-state index contributed by atoms with van der Waals surface area (Å²) in [6.07, 6.45) is 7.16. The van der Waals surface area contributed by atoms with E-state index in [4.69, 9.17) is 12.2 Å². The Hall–Kier alpha value is -0.800. The molecule has 0 aromatic heterocycles. The van der Waals surface area contributed by atoms with Gasteiger partial charge in [0, 0.05) is 6.54 Å². The van der Waals surface area contributed by atoms with Crippen LogP contribution in [0.15, 0.2) is 35.7 Å². The highest BCUT2D eigenvalue weighted by atomic mass is 32.2. The molecule has 1 N–H and O–H groups in total. The molecular formula is C15H21NS2. The van der Waals surface area contributed by atoms with Crippen molar-refractivity contribution in [3.8, 4) is 0 Å². The first-order chi connectivity index (χ1) is 8.83. The van der Waals surface area contributed by atoms with Crippen molar-refractivity contribution >= 4 is 34.4 Å². The molecule has 3 heteroatoms. The van der Waals surface area contributed by atoms with Gasteiger partial charge in [-0.2, -0.15) is 0 Å². The summed E-state index contributed by atoms with van der Waals surface area (Å²) < 4.78 is 0.860. The number of hydrogen-bond acceptors (Lipinski definition) is 2. The van der Waals surface area contributed by atoms with Gasteiger partial charge >= 0.3 is 0 Å². The molecule has 1 aromatic rings. The first-order valence-corrected chi connectivity index (χ1v) is 7.78. The number of nitrogens with one attached hydrogen (secondary N) is 1. The zero-order valence-corrected chi connectivity index (χ0v) is 12.5. The summed E-state index contributed by atoms with van der Waals surface area (Å²) in [7, 11) is 0. The molecule has 18 heavy (non-hydrogen) atoms. The van der Waals surface area contributed by atoms with Crippen LogP contribution < -0.4 is 5.32 Å². The van der Waals surface area contributed by atoms with Crippen LogP contribution in [0.2, 0.25) is 0 Å². The van der Waals surface area contributed by atoms with Gasteiger partial charge in [-0.25, -0.2) is 0 Å². The minimum absolute atomic E-state index is 0.860. The molecule has 0 unspecified atom stereocenters. The second-order valence-electron chi connectivity index (χ2n) is 4.11. The molecule has 0 bridgehead atoms. The predicted molar refractivity (Wildman–Crippen MR) is 87.8 cm³/mol. The average molecular weight is 279 g/mol. The van der Waals surface area contributed by atoms with Crippen LogP contribution in [0.5, 0.6) is 0 Å². The normalized spacial score (nSPS) is 10.7. The molecule has 0 aliphatic rings. The van der Waals surface area contributed by atoms with Crippen molar-refractivity contribution in [3.05, 3.63) is 41.3 Å². The van der Waals surface area contributed by atoms with Gasteiger partial charge in [-0.3, -0.25) is 0 Å². The summed E-state index contributed by atoms with van der Waals surface area (Å²) in [4.78, 5) is 0. The first-order valence-electron chi connectivity index (χ1n) is 6.49. The summed E-state index contributed by atoms with van der Waals surface area (Å²) in [6.45, 7) is 3.22. The maximum absolute atomic E-state index is 5.25. The average Bonchev–Trinajstić information content (AvgIpc) is 2.40. The Labute approximate surface area is 120 Å². The Morgan fingerprint density at radius 3 is 2.72 bits per heavy atom. The predicted octanol–water partition coefficient (Wildman–Crippen LogP) is 4.85. The quantitative estimate of drug-likeness (QED) is 0.566. The molecule has 0 aliphatic carbocycles. The Kier molecular flexibility index (Phi) is 8.61. The molecule has 0 heterocycles. The van der Waals surface area contributed by atoms with E-state index < -0.39 is 0 Å². The molecule has 1 aromatic carbocycles. The monoisotopic (exact) mass is 279 g/mol. The molecule has 0 spiro atoms. The standard InChI is InChI=1S/C15H21NS2/c1-2-3-4-8-12-16-15(17)18-13-11-14-9-6-5-7-10-14/h5-7,9-11,13H,2-4,8,12H2,1H3,(H,16,17)/b13-11+. The van der Waals surface area contributed by atoms with Gasteiger partial charge in [0.15, 0.2) is 0 Å². The third-order valence-electron chi connectivity index (χ3n) is 2.53. The Bertz CT molecular complexity index is 360. The molecule has 0 fully saturated rings. The summed E-state index contributed by atoms with van der Waals surface area (Å²) in [6, 6.07) is 10.3. The number of benzene rings is 1. The number of unbranched alkanes of at least 4 members (excludes halogenated alkanes) is 3. The third-order valence-corrected chi connectivity index (χ3v) is 3.60. The Balaban J connectivity index is 2.11. The summed E-state index contributed by atoms with van der Waals surface area (Å²) in [5.41, 5.74) is 1.20. The summed E-state index contributed by atoms with van der Waals surface area (Å²) >= 11 is 6.82. The minimum atomic E-state index is 0.860. The van der Waals surface area contributed by atoms with Crippen LogP contribution >= 0.6 is 24.0 Å². The zero-order chi connectivity index (χ0) is 13.1. The number of thioether (sulfide) groups is 1. The molecule has 0 radical (unpaired) electrons. The van der Waals surface area contributed by atoms with E-state index in [2.05, 4.69) is 30.4 Å². The second-order valence-corrected chi connectivity index (χ2v) is 5.69. The van der Waals surface area contributed by atoms with Crippen molar-refractivity contribution in [1.29, 1.82) is 0 Å².